The Bertz CT molecular complexity index is 162. The van der Waals surface area contributed by atoms with Crippen LogP contribution in [-0.4, -0.2) is 51.3 Å². The normalized spacial score (nSPS) is 13.6. The van der Waals surface area contributed by atoms with E-state index in [1.54, 1.807) is 7.11 Å². The van der Waals surface area contributed by atoms with Crippen LogP contribution in [-0.2, 0) is 4.74 Å². The molecule has 0 aliphatic heterocycles. The lowest BCUT2D eigenvalue weighted by Crippen LogP contribution is -2.31. The van der Waals surface area contributed by atoms with Gasteiger partial charge in [0, 0.05) is 26.3 Å². The molecular formula is C14H32N2O. The summed E-state index contributed by atoms with van der Waals surface area (Å²) in [5.74, 6) is 0.754. The molecule has 1 N–H and O–H groups in total. The summed E-state index contributed by atoms with van der Waals surface area (Å²) in [6, 6.07) is 0.674. The molecule has 0 saturated heterocycles. The quantitative estimate of drug-likeness (QED) is 0.565. The van der Waals surface area contributed by atoms with Crippen LogP contribution in [0.2, 0.25) is 0 Å². The van der Waals surface area contributed by atoms with Crippen LogP contribution in [0.5, 0.6) is 0 Å². The first-order chi connectivity index (χ1) is 8.07. The fraction of sp³-hybridized carbons (Fsp3) is 1.00. The van der Waals surface area contributed by atoms with Gasteiger partial charge in [-0.2, -0.15) is 0 Å². The van der Waals surface area contributed by atoms with Gasteiger partial charge in [-0.05, 0) is 52.2 Å². The summed E-state index contributed by atoms with van der Waals surface area (Å²) in [6.45, 7) is 11.1. The molecule has 0 aromatic rings. The first-order valence-corrected chi connectivity index (χ1v) is 6.97. The van der Waals surface area contributed by atoms with Gasteiger partial charge in [0.05, 0.1) is 0 Å². The van der Waals surface area contributed by atoms with E-state index in [-0.39, 0.29) is 0 Å². The molecule has 104 valence electrons. The maximum Gasteiger partial charge on any atom is 0.0474 e. The predicted molar refractivity (Wildman–Crippen MR) is 75.5 cm³/mol. The molecule has 0 amide bonds. The molecule has 3 nitrogen and oxygen atoms in total. The highest BCUT2D eigenvalue weighted by Gasteiger charge is 2.07. The van der Waals surface area contributed by atoms with Crippen molar-refractivity contribution in [2.24, 2.45) is 5.92 Å². The van der Waals surface area contributed by atoms with E-state index in [4.69, 9.17) is 4.74 Å². The molecule has 0 fully saturated rings. The molecule has 0 rings (SSSR count). The molecule has 3 heteroatoms. The van der Waals surface area contributed by atoms with E-state index in [2.05, 4.69) is 38.0 Å². The Balaban J connectivity index is 3.40. The SMILES string of the molecule is COCCCN(C)C(C)CCCNCC(C)C. The molecule has 0 aliphatic carbocycles. The van der Waals surface area contributed by atoms with Gasteiger partial charge in [0.15, 0.2) is 0 Å². The Labute approximate surface area is 108 Å². The Morgan fingerprint density at radius 2 is 1.88 bits per heavy atom. The molecule has 0 radical (unpaired) electrons. The van der Waals surface area contributed by atoms with Crippen LogP contribution in [0.4, 0.5) is 0 Å². The van der Waals surface area contributed by atoms with Crippen LogP contribution in [0.3, 0.4) is 0 Å². The molecule has 0 aliphatic rings. The van der Waals surface area contributed by atoms with Crippen molar-refractivity contribution in [2.75, 3.05) is 40.4 Å². The first kappa shape index (κ1) is 16.9. The average molecular weight is 244 g/mol. The summed E-state index contributed by atoms with van der Waals surface area (Å²) in [5, 5.41) is 3.49. The van der Waals surface area contributed by atoms with E-state index in [0.29, 0.717) is 6.04 Å². The number of hydrogen-bond donors (Lipinski definition) is 1. The Morgan fingerprint density at radius 1 is 1.18 bits per heavy atom. The summed E-state index contributed by atoms with van der Waals surface area (Å²) in [5.41, 5.74) is 0. The van der Waals surface area contributed by atoms with Gasteiger partial charge in [0.2, 0.25) is 0 Å². The molecule has 0 aromatic heterocycles. The molecule has 0 bridgehead atoms. The minimum absolute atomic E-state index is 0.674. The van der Waals surface area contributed by atoms with Crippen LogP contribution in [0, 0.1) is 5.92 Å². The lowest BCUT2D eigenvalue weighted by atomic mass is 10.1. The van der Waals surface area contributed by atoms with Gasteiger partial charge < -0.3 is 15.0 Å². The molecule has 0 spiro atoms. The average Bonchev–Trinajstić information content (AvgIpc) is 2.28. The van der Waals surface area contributed by atoms with Gasteiger partial charge in [-0.1, -0.05) is 13.8 Å². The van der Waals surface area contributed by atoms with E-state index in [0.717, 1.165) is 38.6 Å². The van der Waals surface area contributed by atoms with E-state index < -0.39 is 0 Å². The predicted octanol–water partition coefficient (Wildman–Crippen LogP) is 2.37. The summed E-state index contributed by atoms with van der Waals surface area (Å²) in [6.07, 6.45) is 3.67. The standard InChI is InChI=1S/C14H32N2O/c1-13(2)12-15-9-6-8-14(3)16(4)10-7-11-17-5/h13-15H,6-12H2,1-5H3. The maximum absolute atomic E-state index is 5.07. The first-order valence-electron chi connectivity index (χ1n) is 6.97. The van der Waals surface area contributed by atoms with Gasteiger partial charge in [-0.15, -0.1) is 0 Å². The van der Waals surface area contributed by atoms with Crippen molar-refractivity contribution in [3.05, 3.63) is 0 Å². The highest BCUT2D eigenvalue weighted by molar-refractivity contribution is 4.64. The van der Waals surface area contributed by atoms with E-state index in [1.807, 2.05) is 0 Å². The van der Waals surface area contributed by atoms with Gasteiger partial charge >= 0.3 is 0 Å². The number of nitrogens with one attached hydrogen (secondary N) is 1. The lowest BCUT2D eigenvalue weighted by Gasteiger charge is -2.24. The Kier molecular flexibility index (Phi) is 10.9. The van der Waals surface area contributed by atoms with Crippen molar-refractivity contribution in [1.82, 2.24) is 10.2 Å². The fourth-order valence-electron chi connectivity index (χ4n) is 1.81. The van der Waals surface area contributed by atoms with Crippen LogP contribution in [0.25, 0.3) is 0 Å². The summed E-state index contributed by atoms with van der Waals surface area (Å²) in [7, 11) is 3.98. The van der Waals surface area contributed by atoms with Crippen LogP contribution in [0.1, 0.15) is 40.0 Å². The molecule has 1 unspecified atom stereocenters. The fourth-order valence-corrected chi connectivity index (χ4v) is 1.81. The van der Waals surface area contributed by atoms with Gasteiger partial charge in [-0.25, -0.2) is 0 Å². The number of ether oxygens (including phenoxy) is 1. The lowest BCUT2D eigenvalue weighted by molar-refractivity contribution is 0.165. The van der Waals surface area contributed by atoms with Crippen LogP contribution in [0.15, 0.2) is 0 Å². The molecule has 0 aromatic carbocycles. The highest BCUT2D eigenvalue weighted by Crippen LogP contribution is 2.04. The number of methoxy groups -OCH3 is 1. The maximum atomic E-state index is 5.07. The van der Waals surface area contributed by atoms with E-state index in [9.17, 15) is 0 Å². The smallest absolute Gasteiger partial charge is 0.0474 e. The summed E-state index contributed by atoms with van der Waals surface area (Å²) >= 11 is 0. The van der Waals surface area contributed by atoms with Crippen LogP contribution >= 0.6 is 0 Å². The topological polar surface area (TPSA) is 24.5 Å². The molecule has 17 heavy (non-hydrogen) atoms. The second-order valence-corrected chi connectivity index (χ2v) is 5.42. The second-order valence-electron chi connectivity index (χ2n) is 5.42. The zero-order chi connectivity index (χ0) is 13.1. The summed E-state index contributed by atoms with van der Waals surface area (Å²) < 4.78 is 5.07. The van der Waals surface area contributed by atoms with Crippen molar-refractivity contribution in [2.45, 2.75) is 46.1 Å². The monoisotopic (exact) mass is 244 g/mol. The molecular weight excluding hydrogens is 212 g/mol. The van der Waals surface area contributed by atoms with Crippen molar-refractivity contribution >= 4 is 0 Å². The van der Waals surface area contributed by atoms with E-state index >= 15 is 0 Å². The molecule has 0 saturated carbocycles. The minimum atomic E-state index is 0.674. The third kappa shape index (κ3) is 10.7. The van der Waals surface area contributed by atoms with Gasteiger partial charge in [-0.3, -0.25) is 0 Å². The highest BCUT2D eigenvalue weighted by atomic mass is 16.5. The van der Waals surface area contributed by atoms with E-state index in [1.165, 1.54) is 12.8 Å². The Hall–Kier alpha value is -0.120. The van der Waals surface area contributed by atoms with Gasteiger partial charge in [0.1, 0.15) is 0 Å². The van der Waals surface area contributed by atoms with Crippen molar-refractivity contribution in [3.63, 3.8) is 0 Å². The minimum Gasteiger partial charge on any atom is -0.385 e. The number of nitrogens with zero attached hydrogens (tertiary/aromatic N) is 1. The number of hydrogen-bond acceptors (Lipinski definition) is 3. The van der Waals surface area contributed by atoms with Crippen molar-refractivity contribution in [3.8, 4) is 0 Å². The third-order valence-corrected chi connectivity index (χ3v) is 3.14. The second kappa shape index (κ2) is 11.0. The van der Waals surface area contributed by atoms with Crippen molar-refractivity contribution < 1.29 is 4.74 Å². The Morgan fingerprint density at radius 3 is 2.47 bits per heavy atom. The van der Waals surface area contributed by atoms with Crippen molar-refractivity contribution in [1.29, 1.82) is 0 Å². The van der Waals surface area contributed by atoms with Gasteiger partial charge in [0.25, 0.3) is 0 Å². The largest absolute Gasteiger partial charge is 0.385 e. The summed E-state index contributed by atoms with van der Waals surface area (Å²) in [4.78, 5) is 2.43. The van der Waals surface area contributed by atoms with Crippen LogP contribution < -0.4 is 5.32 Å². The molecule has 1 atom stereocenters. The number of rotatable bonds is 11. The zero-order valence-corrected chi connectivity index (χ0v) is 12.5. The zero-order valence-electron chi connectivity index (χ0n) is 12.5. The third-order valence-electron chi connectivity index (χ3n) is 3.14. The molecule has 0 heterocycles.